The molecule has 3 nitrogen and oxygen atoms in total. The van der Waals surface area contributed by atoms with Gasteiger partial charge < -0.3 is 4.74 Å². The van der Waals surface area contributed by atoms with Crippen molar-refractivity contribution in [2.75, 3.05) is 13.0 Å². The van der Waals surface area contributed by atoms with Gasteiger partial charge in [-0.15, -0.1) is 11.6 Å². The summed E-state index contributed by atoms with van der Waals surface area (Å²) in [6, 6.07) is 5.06. The summed E-state index contributed by atoms with van der Waals surface area (Å²) in [5.74, 6) is -0.651. The Kier molecular flexibility index (Phi) is 4.96. The SMILES string of the molecule is COC(=O)c1ccc(Br)cc1CC(=O)CCl. The lowest BCUT2D eigenvalue weighted by molar-refractivity contribution is -0.116. The molecule has 0 bridgehead atoms. The molecule has 16 heavy (non-hydrogen) atoms. The number of alkyl halides is 1. The van der Waals surface area contributed by atoms with Crippen molar-refractivity contribution >= 4 is 39.3 Å². The number of benzene rings is 1. The highest BCUT2D eigenvalue weighted by Crippen LogP contribution is 2.18. The summed E-state index contributed by atoms with van der Waals surface area (Å²) < 4.78 is 5.44. The van der Waals surface area contributed by atoms with Crippen molar-refractivity contribution in [1.29, 1.82) is 0 Å². The Labute approximate surface area is 107 Å². The molecule has 0 saturated carbocycles. The zero-order valence-corrected chi connectivity index (χ0v) is 11.0. The first-order valence-electron chi connectivity index (χ1n) is 4.53. The van der Waals surface area contributed by atoms with Crippen molar-refractivity contribution in [3.8, 4) is 0 Å². The molecule has 0 unspecified atom stereocenters. The van der Waals surface area contributed by atoms with Crippen molar-refractivity contribution < 1.29 is 14.3 Å². The van der Waals surface area contributed by atoms with E-state index < -0.39 is 5.97 Å². The van der Waals surface area contributed by atoms with Gasteiger partial charge in [0.25, 0.3) is 0 Å². The minimum atomic E-state index is -0.454. The van der Waals surface area contributed by atoms with E-state index in [0.717, 1.165) is 4.47 Å². The van der Waals surface area contributed by atoms with E-state index in [1.807, 2.05) is 0 Å². The van der Waals surface area contributed by atoms with Crippen LogP contribution >= 0.6 is 27.5 Å². The van der Waals surface area contributed by atoms with Crippen LogP contribution in [0.4, 0.5) is 0 Å². The molecule has 1 aromatic rings. The second kappa shape index (κ2) is 6.01. The topological polar surface area (TPSA) is 43.4 Å². The number of ether oxygens (including phenoxy) is 1. The van der Waals surface area contributed by atoms with Gasteiger partial charge in [-0.25, -0.2) is 4.79 Å². The summed E-state index contributed by atoms with van der Waals surface area (Å²) >= 11 is 8.71. The van der Waals surface area contributed by atoms with Crippen LogP contribution in [0.25, 0.3) is 0 Å². The van der Waals surface area contributed by atoms with Crippen molar-refractivity contribution in [2.24, 2.45) is 0 Å². The number of ketones is 1. The van der Waals surface area contributed by atoms with E-state index in [1.54, 1.807) is 18.2 Å². The van der Waals surface area contributed by atoms with E-state index in [1.165, 1.54) is 7.11 Å². The molecule has 0 radical (unpaired) electrons. The Hall–Kier alpha value is -0.870. The summed E-state index contributed by atoms with van der Waals surface area (Å²) in [5.41, 5.74) is 1.01. The van der Waals surface area contributed by atoms with E-state index in [4.69, 9.17) is 11.6 Å². The molecule has 5 heteroatoms. The Balaban J connectivity index is 3.08. The van der Waals surface area contributed by atoms with Gasteiger partial charge in [-0.3, -0.25) is 4.79 Å². The summed E-state index contributed by atoms with van der Waals surface area (Å²) in [7, 11) is 1.30. The van der Waals surface area contributed by atoms with E-state index in [0.29, 0.717) is 11.1 Å². The number of esters is 1. The molecule has 0 spiro atoms. The smallest absolute Gasteiger partial charge is 0.338 e. The average molecular weight is 306 g/mol. The minimum absolute atomic E-state index is 0.0624. The zero-order chi connectivity index (χ0) is 12.1. The third kappa shape index (κ3) is 3.32. The molecular weight excluding hydrogens is 295 g/mol. The molecule has 0 atom stereocenters. The lowest BCUT2D eigenvalue weighted by atomic mass is 10.0. The minimum Gasteiger partial charge on any atom is -0.465 e. The van der Waals surface area contributed by atoms with Gasteiger partial charge in [-0.2, -0.15) is 0 Å². The predicted molar refractivity (Wildman–Crippen MR) is 64.9 cm³/mol. The van der Waals surface area contributed by atoms with Gasteiger partial charge in [0.05, 0.1) is 18.6 Å². The molecule has 1 aromatic carbocycles. The highest BCUT2D eigenvalue weighted by atomic mass is 79.9. The maximum atomic E-state index is 11.4. The highest BCUT2D eigenvalue weighted by molar-refractivity contribution is 9.10. The standard InChI is InChI=1S/C11H10BrClO3/c1-16-11(15)10-3-2-8(12)4-7(10)5-9(14)6-13/h2-4H,5-6H2,1H3. The van der Waals surface area contributed by atoms with Gasteiger partial charge in [0, 0.05) is 10.9 Å². The van der Waals surface area contributed by atoms with Gasteiger partial charge in [0.2, 0.25) is 0 Å². The Bertz CT molecular complexity index is 418. The van der Waals surface area contributed by atoms with E-state index in [2.05, 4.69) is 20.7 Å². The fraction of sp³-hybridized carbons (Fsp3) is 0.273. The van der Waals surface area contributed by atoms with Gasteiger partial charge in [0.15, 0.2) is 5.78 Å². The fourth-order valence-corrected chi connectivity index (χ4v) is 1.78. The normalized spacial score (nSPS) is 9.94. The van der Waals surface area contributed by atoms with Crippen LogP contribution in [0.5, 0.6) is 0 Å². The summed E-state index contributed by atoms with van der Waals surface area (Å²) in [4.78, 5) is 22.7. The first kappa shape index (κ1) is 13.2. The fourth-order valence-electron chi connectivity index (χ4n) is 1.28. The molecule has 0 aliphatic heterocycles. The highest BCUT2D eigenvalue weighted by Gasteiger charge is 2.14. The Morgan fingerprint density at radius 2 is 2.12 bits per heavy atom. The van der Waals surface area contributed by atoms with Crippen LogP contribution in [0.15, 0.2) is 22.7 Å². The van der Waals surface area contributed by atoms with Crippen LogP contribution in [-0.2, 0) is 16.0 Å². The van der Waals surface area contributed by atoms with Gasteiger partial charge in [-0.1, -0.05) is 15.9 Å². The molecule has 0 saturated heterocycles. The monoisotopic (exact) mass is 304 g/mol. The molecule has 1 rings (SSSR count). The number of carbonyl (C=O) groups excluding carboxylic acids is 2. The van der Waals surface area contributed by atoms with Crippen molar-refractivity contribution in [1.82, 2.24) is 0 Å². The third-order valence-corrected chi connectivity index (χ3v) is 2.80. The lowest BCUT2D eigenvalue weighted by Crippen LogP contribution is -2.11. The van der Waals surface area contributed by atoms with Crippen LogP contribution < -0.4 is 0 Å². The number of methoxy groups -OCH3 is 1. The first-order valence-corrected chi connectivity index (χ1v) is 5.85. The second-order valence-electron chi connectivity index (χ2n) is 3.14. The predicted octanol–water partition coefficient (Wildman–Crippen LogP) is 2.59. The van der Waals surface area contributed by atoms with Crippen molar-refractivity contribution in [2.45, 2.75) is 6.42 Å². The molecule has 0 heterocycles. The van der Waals surface area contributed by atoms with Crippen molar-refractivity contribution in [3.63, 3.8) is 0 Å². The van der Waals surface area contributed by atoms with E-state index >= 15 is 0 Å². The molecule has 0 aliphatic rings. The molecule has 0 aliphatic carbocycles. The average Bonchev–Trinajstić information content (AvgIpc) is 2.28. The van der Waals surface area contributed by atoms with E-state index in [9.17, 15) is 9.59 Å². The number of Topliss-reactive ketones (excluding diaryl/α,β-unsaturated/α-hetero) is 1. The summed E-state index contributed by atoms with van der Waals surface area (Å²) in [5, 5.41) is 0. The molecular formula is C11H10BrClO3. The summed E-state index contributed by atoms with van der Waals surface area (Å²) in [6.07, 6.45) is 0.132. The second-order valence-corrected chi connectivity index (χ2v) is 4.33. The van der Waals surface area contributed by atoms with Gasteiger partial charge in [-0.05, 0) is 23.8 Å². The lowest BCUT2D eigenvalue weighted by Gasteiger charge is -2.07. The van der Waals surface area contributed by atoms with Crippen LogP contribution in [0.2, 0.25) is 0 Å². The van der Waals surface area contributed by atoms with Gasteiger partial charge in [0.1, 0.15) is 0 Å². The quantitative estimate of drug-likeness (QED) is 0.634. The van der Waals surface area contributed by atoms with E-state index in [-0.39, 0.29) is 18.1 Å². The molecule has 0 fully saturated rings. The third-order valence-electron chi connectivity index (χ3n) is 2.01. The van der Waals surface area contributed by atoms with Crippen LogP contribution in [-0.4, -0.2) is 24.7 Å². The van der Waals surface area contributed by atoms with Crippen LogP contribution in [0.3, 0.4) is 0 Å². The van der Waals surface area contributed by atoms with Crippen LogP contribution in [0, 0.1) is 0 Å². The Morgan fingerprint density at radius 3 is 2.69 bits per heavy atom. The maximum absolute atomic E-state index is 11.4. The molecule has 0 amide bonds. The largest absolute Gasteiger partial charge is 0.465 e. The van der Waals surface area contributed by atoms with Crippen LogP contribution in [0.1, 0.15) is 15.9 Å². The number of rotatable bonds is 4. The molecule has 0 aromatic heterocycles. The zero-order valence-electron chi connectivity index (χ0n) is 8.63. The molecule has 0 N–H and O–H groups in total. The first-order chi connectivity index (χ1) is 7.58. The summed E-state index contributed by atoms with van der Waals surface area (Å²) in [6.45, 7) is 0. The van der Waals surface area contributed by atoms with Gasteiger partial charge >= 0.3 is 5.97 Å². The number of halogens is 2. The number of hydrogen-bond acceptors (Lipinski definition) is 3. The maximum Gasteiger partial charge on any atom is 0.338 e. The number of carbonyl (C=O) groups is 2. The molecule has 86 valence electrons. The van der Waals surface area contributed by atoms with Crippen molar-refractivity contribution in [3.05, 3.63) is 33.8 Å². The Morgan fingerprint density at radius 1 is 1.44 bits per heavy atom. The number of hydrogen-bond donors (Lipinski definition) is 0.